The quantitative estimate of drug-likeness (QED) is 0.353. The number of rotatable bonds is 0. The van der Waals surface area contributed by atoms with Crippen LogP contribution in [-0.4, -0.2) is 35.8 Å². The van der Waals surface area contributed by atoms with Crippen LogP contribution in [0, 0.1) is 56.7 Å². The number of ether oxygens (including phenoxy) is 2. The summed E-state index contributed by atoms with van der Waals surface area (Å²) in [5.41, 5.74) is -1.25. The first-order valence-corrected chi connectivity index (χ1v) is 14.2. The maximum atomic E-state index is 14.1. The number of esters is 1. The van der Waals surface area contributed by atoms with Gasteiger partial charge >= 0.3 is 5.97 Å². The molecule has 5 saturated carbocycles. The molecule has 2 aliphatic heterocycles. The molecule has 0 N–H and O–H groups in total. The SMILES string of the molecule is CC12CCC3(C)C(CCC4C5(C)CCC(=O)C(C)(C)C5C(=O)CC43C)C1C1C(C2)OC(=O)C12CO2. The molecule has 5 aliphatic carbocycles. The Balaban J connectivity index is 1.31. The van der Waals surface area contributed by atoms with Crippen molar-refractivity contribution in [2.75, 3.05) is 6.61 Å². The summed E-state index contributed by atoms with van der Waals surface area (Å²) < 4.78 is 11.8. The van der Waals surface area contributed by atoms with Crippen molar-refractivity contribution in [3.05, 3.63) is 0 Å². The standard InChI is InChI=1S/C30H42O5/c1-25(2)20(32)9-10-27(4)19-8-7-16-21-22-18(35-24(33)30(22)15-34-30)14-26(21,3)11-12-28(16,5)29(19,6)13-17(31)23(25)27/h16,18-19,21-23H,7-15H2,1-6H3. The highest BCUT2D eigenvalue weighted by atomic mass is 16.7. The summed E-state index contributed by atoms with van der Waals surface area (Å²) in [6.45, 7) is 14.3. The van der Waals surface area contributed by atoms with Crippen LogP contribution in [0.1, 0.15) is 92.9 Å². The fraction of sp³-hybridized carbons (Fsp3) is 0.900. The van der Waals surface area contributed by atoms with Crippen molar-refractivity contribution in [3.8, 4) is 0 Å². The van der Waals surface area contributed by atoms with E-state index in [-0.39, 0.29) is 51.4 Å². The molecule has 0 aromatic carbocycles. The van der Waals surface area contributed by atoms with E-state index in [4.69, 9.17) is 9.47 Å². The number of fused-ring (bicyclic) bond motifs is 10. The summed E-state index contributed by atoms with van der Waals surface area (Å²) in [5.74, 6) is 1.79. The summed E-state index contributed by atoms with van der Waals surface area (Å²) in [7, 11) is 0. The Labute approximate surface area is 209 Å². The summed E-state index contributed by atoms with van der Waals surface area (Å²) >= 11 is 0. The Morgan fingerprint density at radius 2 is 1.57 bits per heavy atom. The van der Waals surface area contributed by atoms with Crippen molar-refractivity contribution in [1.29, 1.82) is 0 Å². The zero-order valence-corrected chi connectivity index (χ0v) is 22.4. The minimum Gasteiger partial charge on any atom is -0.460 e. The molecule has 7 aliphatic rings. The van der Waals surface area contributed by atoms with E-state index in [1.165, 1.54) is 0 Å². The average Bonchev–Trinajstić information content (AvgIpc) is 3.44. The van der Waals surface area contributed by atoms with E-state index in [0.29, 0.717) is 43.0 Å². The second kappa shape index (κ2) is 6.25. The van der Waals surface area contributed by atoms with Crippen LogP contribution < -0.4 is 0 Å². The third kappa shape index (κ3) is 2.36. The Morgan fingerprint density at radius 3 is 2.26 bits per heavy atom. The van der Waals surface area contributed by atoms with Gasteiger partial charge in [0.15, 0.2) is 5.60 Å². The molecule has 11 atom stereocenters. The molecule has 0 amide bonds. The largest absolute Gasteiger partial charge is 0.460 e. The van der Waals surface area contributed by atoms with E-state index in [1.54, 1.807) is 0 Å². The number of Topliss-reactive ketones (excluding diaryl/α,β-unsaturated/α-hetero) is 2. The van der Waals surface area contributed by atoms with Gasteiger partial charge in [-0.3, -0.25) is 9.59 Å². The smallest absolute Gasteiger partial charge is 0.341 e. The molecule has 2 saturated heterocycles. The van der Waals surface area contributed by atoms with Crippen molar-refractivity contribution < 1.29 is 23.9 Å². The molecule has 5 heteroatoms. The topological polar surface area (TPSA) is 73.0 Å². The summed E-state index contributed by atoms with van der Waals surface area (Å²) in [6, 6.07) is 0. The van der Waals surface area contributed by atoms with Crippen molar-refractivity contribution in [3.63, 3.8) is 0 Å². The third-order valence-corrected chi connectivity index (χ3v) is 13.8. The van der Waals surface area contributed by atoms with Crippen LogP contribution in [0.15, 0.2) is 0 Å². The average molecular weight is 483 g/mol. The second-order valence-electron chi connectivity index (χ2n) is 15.3. The Bertz CT molecular complexity index is 1060. The molecule has 7 fully saturated rings. The van der Waals surface area contributed by atoms with Crippen molar-refractivity contribution >= 4 is 17.5 Å². The van der Waals surface area contributed by atoms with Crippen LogP contribution in [0.5, 0.6) is 0 Å². The monoisotopic (exact) mass is 482 g/mol. The highest BCUT2D eigenvalue weighted by Crippen LogP contribution is 2.78. The van der Waals surface area contributed by atoms with Gasteiger partial charge in [0.1, 0.15) is 17.7 Å². The molecular weight excluding hydrogens is 440 g/mol. The van der Waals surface area contributed by atoms with E-state index in [1.807, 2.05) is 13.8 Å². The molecule has 0 aromatic heterocycles. The third-order valence-electron chi connectivity index (χ3n) is 13.8. The van der Waals surface area contributed by atoms with E-state index < -0.39 is 11.0 Å². The summed E-state index contributed by atoms with van der Waals surface area (Å²) in [5, 5.41) is 0. The number of epoxide rings is 1. The highest BCUT2D eigenvalue weighted by molar-refractivity contribution is 5.95. The van der Waals surface area contributed by atoms with Gasteiger partial charge in [-0.05, 0) is 77.9 Å². The van der Waals surface area contributed by atoms with Crippen LogP contribution in [-0.2, 0) is 23.9 Å². The van der Waals surface area contributed by atoms with E-state index >= 15 is 0 Å². The lowest BCUT2D eigenvalue weighted by molar-refractivity contribution is -0.228. The molecule has 0 bridgehead atoms. The van der Waals surface area contributed by atoms with Gasteiger partial charge in [-0.25, -0.2) is 4.79 Å². The molecule has 11 unspecified atom stereocenters. The molecule has 5 nitrogen and oxygen atoms in total. The summed E-state index contributed by atoms with van der Waals surface area (Å²) in [6.07, 6.45) is 7.52. The minimum absolute atomic E-state index is 0.00655. The molecule has 0 aromatic rings. The first-order chi connectivity index (χ1) is 16.2. The molecule has 192 valence electrons. The van der Waals surface area contributed by atoms with Crippen LogP contribution in [0.3, 0.4) is 0 Å². The fourth-order valence-corrected chi connectivity index (χ4v) is 12.1. The Morgan fingerprint density at radius 1 is 0.857 bits per heavy atom. The van der Waals surface area contributed by atoms with Gasteiger partial charge in [0.25, 0.3) is 0 Å². The number of hydrogen-bond acceptors (Lipinski definition) is 5. The van der Waals surface area contributed by atoms with E-state index in [2.05, 4.69) is 27.7 Å². The predicted octanol–water partition coefficient (Wildman–Crippen LogP) is 5.14. The molecule has 35 heavy (non-hydrogen) atoms. The van der Waals surface area contributed by atoms with Crippen LogP contribution in [0.2, 0.25) is 0 Å². The van der Waals surface area contributed by atoms with Crippen LogP contribution in [0.4, 0.5) is 0 Å². The van der Waals surface area contributed by atoms with Crippen molar-refractivity contribution in [1.82, 2.24) is 0 Å². The van der Waals surface area contributed by atoms with Gasteiger partial charge in [0.05, 0.1) is 6.61 Å². The van der Waals surface area contributed by atoms with Gasteiger partial charge in [-0.2, -0.15) is 0 Å². The maximum Gasteiger partial charge on any atom is 0.341 e. The van der Waals surface area contributed by atoms with Crippen molar-refractivity contribution in [2.24, 2.45) is 56.7 Å². The van der Waals surface area contributed by atoms with Crippen LogP contribution >= 0.6 is 0 Å². The Hall–Kier alpha value is -1.23. The van der Waals surface area contributed by atoms with E-state index in [9.17, 15) is 14.4 Å². The predicted molar refractivity (Wildman–Crippen MR) is 129 cm³/mol. The van der Waals surface area contributed by atoms with Gasteiger partial charge in [0.2, 0.25) is 0 Å². The lowest BCUT2D eigenvalue weighted by Gasteiger charge is -2.71. The van der Waals surface area contributed by atoms with E-state index in [0.717, 1.165) is 38.5 Å². The highest BCUT2D eigenvalue weighted by Gasteiger charge is 2.79. The molecular formula is C30H42O5. The van der Waals surface area contributed by atoms with Gasteiger partial charge < -0.3 is 9.47 Å². The minimum atomic E-state index is -0.684. The lowest BCUT2D eigenvalue weighted by atomic mass is 9.32. The van der Waals surface area contributed by atoms with Gasteiger partial charge in [-0.1, -0.05) is 41.5 Å². The second-order valence-corrected chi connectivity index (χ2v) is 15.3. The molecule has 0 radical (unpaired) electrons. The molecule has 1 spiro atoms. The normalized spacial score (nSPS) is 59.8. The first-order valence-electron chi connectivity index (χ1n) is 14.2. The molecule has 7 rings (SSSR count). The number of carbonyl (C=O) groups is 3. The lowest BCUT2D eigenvalue weighted by Crippen LogP contribution is -2.68. The van der Waals surface area contributed by atoms with Crippen LogP contribution in [0.25, 0.3) is 0 Å². The first kappa shape index (κ1) is 22.9. The van der Waals surface area contributed by atoms with Gasteiger partial charge in [-0.15, -0.1) is 0 Å². The number of ketones is 2. The maximum absolute atomic E-state index is 14.1. The van der Waals surface area contributed by atoms with Crippen molar-refractivity contribution in [2.45, 2.75) is 105 Å². The fourth-order valence-electron chi connectivity index (χ4n) is 12.1. The Kier molecular flexibility index (Phi) is 4.09. The molecule has 2 heterocycles. The van der Waals surface area contributed by atoms with Gasteiger partial charge in [0, 0.05) is 30.1 Å². The summed E-state index contributed by atoms with van der Waals surface area (Å²) in [4.78, 5) is 39.8. The number of carbonyl (C=O) groups excluding carboxylic acids is 3. The zero-order chi connectivity index (χ0) is 25.0. The zero-order valence-electron chi connectivity index (χ0n) is 22.4. The number of hydrogen-bond donors (Lipinski definition) is 0.